The number of amides is 1. The average molecular weight is 216 g/mol. The monoisotopic (exact) mass is 216 g/mol. The van der Waals surface area contributed by atoms with Crippen molar-refractivity contribution in [2.75, 3.05) is 0 Å². The molecule has 1 amide bonds. The largest absolute Gasteiger partial charge is 0.433 e. The van der Waals surface area contributed by atoms with E-state index in [1.807, 2.05) is 0 Å². The maximum absolute atomic E-state index is 12.1. The van der Waals surface area contributed by atoms with E-state index in [0.29, 0.717) is 6.07 Å². The minimum Gasteiger partial charge on any atom is -0.287 e. The molecule has 0 radical (unpaired) electrons. The number of carbonyl (C=O) groups is 1. The van der Waals surface area contributed by atoms with Crippen molar-refractivity contribution in [2.24, 2.45) is 5.11 Å². The van der Waals surface area contributed by atoms with Gasteiger partial charge in [0.05, 0.1) is 0 Å². The van der Waals surface area contributed by atoms with Gasteiger partial charge in [-0.05, 0) is 22.8 Å². The lowest BCUT2D eigenvalue weighted by atomic mass is 10.2. The van der Waals surface area contributed by atoms with E-state index in [4.69, 9.17) is 5.53 Å². The SMILES string of the molecule is [N-]=[N+]=NC(=O)c1ccnc(C(F)(F)F)c1. The van der Waals surface area contributed by atoms with Crippen LogP contribution in [-0.2, 0) is 6.18 Å². The number of rotatable bonds is 1. The van der Waals surface area contributed by atoms with Gasteiger partial charge in [0.1, 0.15) is 5.69 Å². The second kappa shape index (κ2) is 3.97. The molecule has 0 aromatic carbocycles. The first kappa shape index (κ1) is 11.0. The van der Waals surface area contributed by atoms with E-state index < -0.39 is 17.8 Å². The molecule has 8 heteroatoms. The van der Waals surface area contributed by atoms with Gasteiger partial charge in [0.15, 0.2) is 0 Å². The second-order valence-corrected chi connectivity index (χ2v) is 2.42. The lowest BCUT2D eigenvalue weighted by Crippen LogP contribution is -2.09. The van der Waals surface area contributed by atoms with Gasteiger partial charge in [0.25, 0.3) is 0 Å². The zero-order chi connectivity index (χ0) is 11.5. The molecule has 0 aliphatic rings. The molecule has 0 bridgehead atoms. The van der Waals surface area contributed by atoms with E-state index in [1.54, 1.807) is 0 Å². The van der Waals surface area contributed by atoms with Crippen LogP contribution in [0.5, 0.6) is 0 Å². The van der Waals surface area contributed by atoms with Crippen LogP contribution in [0.3, 0.4) is 0 Å². The van der Waals surface area contributed by atoms with Crippen molar-refractivity contribution in [3.8, 4) is 0 Å². The molecule has 1 heterocycles. The van der Waals surface area contributed by atoms with Crippen LogP contribution in [0, 0.1) is 0 Å². The fourth-order valence-corrected chi connectivity index (χ4v) is 0.817. The standard InChI is InChI=1S/C7H3F3N4O/c8-7(9,10)5-3-4(1-2-12-5)6(15)13-14-11/h1-3H. The number of carbonyl (C=O) groups excluding carboxylic acids is 1. The van der Waals surface area contributed by atoms with Gasteiger partial charge in [-0.1, -0.05) is 0 Å². The van der Waals surface area contributed by atoms with E-state index in [-0.39, 0.29) is 5.56 Å². The molecule has 5 nitrogen and oxygen atoms in total. The number of pyridine rings is 1. The predicted octanol–water partition coefficient (Wildman–Crippen LogP) is 2.55. The van der Waals surface area contributed by atoms with Gasteiger partial charge in [-0.2, -0.15) is 13.2 Å². The number of hydrogen-bond donors (Lipinski definition) is 0. The first-order chi connectivity index (χ1) is 6.95. The Morgan fingerprint density at radius 3 is 2.73 bits per heavy atom. The number of azide groups is 1. The summed E-state index contributed by atoms with van der Waals surface area (Å²) in [7, 11) is 0. The zero-order valence-corrected chi connectivity index (χ0v) is 7.06. The molecular weight excluding hydrogens is 213 g/mol. The quantitative estimate of drug-likeness (QED) is 0.410. The fourth-order valence-electron chi connectivity index (χ4n) is 0.817. The molecule has 15 heavy (non-hydrogen) atoms. The first-order valence-electron chi connectivity index (χ1n) is 3.58. The molecule has 0 fully saturated rings. The van der Waals surface area contributed by atoms with Gasteiger partial charge in [0.2, 0.25) is 5.91 Å². The third kappa shape index (κ3) is 2.68. The highest BCUT2D eigenvalue weighted by Crippen LogP contribution is 2.27. The van der Waals surface area contributed by atoms with Gasteiger partial charge in [-0.25, -0.2) is 0 Å². The zero-order valence-electron chi connectivity index (χ0n) is 7.06. The Kier molecular flexibility index (Phi) is 2.91. The molecule has 0 aliphatic heterocycles. The summed E-state index contributed by atoms with van der Waals surface area (Å²) in [6.45, 7) is 0. The third-order valence-corrected chi connectivity index (χ3v) is 1.43. The summed E-state index contributed by atoms with van der Waals surface area (Å²) in [6, 6.07) is 1.56. The summed E-state index contributed by atoms with van der Waals surface area (Å²) >= 11 is 0. The van der Waals surface area contributed by atoms with E-state index >= 15 is 0 Å². The molecule has 0 unspecified atom stereocenters. The summed E-state index contributed by atoms with van der Waals surface area (Å²) in [6.07, 6.45) is -3.81. The highest BCUT2D eigenvalue weighted by atomic mass is 19.4. The summed E-state index contributed by atoms with van der Waals surface area (Å²) in [4.78, 5) is 16.1. The minimum absolute atomic E-state index is 0.352. The van der Waals surface area contributed by atoms with E-state index in [2.05, 4.69) is 15.0 Å². The highest BCUT2D eigenvalue weighted by Gasteiger charge is 2.32. The van der Waals surface area contributed by atoms with Crippen molar-refractivity contribution >= 4 is 5.91 Å². The number of halogens is 3. The van der Waals surface area contributed by atoms with Gasteiger partial charge in [-0.3, -0.25) is 9.78 Å². The molecule has 0 atom stereocenters. The average Bonchev–Trinajstić information content (AvgIpc) is 2.17. The van der Waals surface area contributed by atoms with Crippen LogP contribution in [0.4, 0.5) is 13.2 Å². The smallest absolute Gasteiger partial charge is 0.287 e. The summed E-state index contributed by atoms with van der Waals surface area (Å²) in [5, 5.41) is 2.66. The minimum atomic E-state index is -4.63. The van der Waals surface area contributed by atoms with Gasteiger partial charge in [0, 0.05) is 16.7 Å². The topological polar surface area (TPSA) is 78.7 Å². The lowest BCUT2D eigenvalue weighted by Gasteiger charge is -2.05. The van der Waals surface area contributed by atoms with Crippen LogP contribution in [0.1, 0.15) is 16.1 Å². The van der Waals surface area contributed by atoms with E-state index in [0.717, 1.165) is 12.3 Å². The van der Waals surface area contributed by atoms with Crippen LogP contribution in [-0.4, -0.2) is 10.9 Å². The molecule has 1 aromatic heterocycles. The number of nitrogens with zero attached hydrogens (tertiary/aromatic N) is 4. The van der Waals surface area contributed by atoms with Gasteiger partial charge in [-0.15, -0.1) is 0 Å². The molecule has 0 spiro atoms. The highest BCUT2D eigenvalue weighted by molar-refractivity contribution is 5.94. The lowest BCUT2D eigenvalue weighted by molar-refractivity contribution is -0.141. The molecule has 0 aliphatic carbocycles. The van der Waals surface area contributed by atoms with Crippen molar-refractivity contribution in [3.63, 3.8) is 0 Å². The van der Waals surface area contributed by atoms with Gasteiger partial charge >= 0.3 is 6.18 Å². The third-order valence-electron chi connectivity index (χ3n) is 1.43. The van der Waals surface area contributed by atoms with Gasteiger partial charge < -0.3 is 0 Å². The summed E-state index contributed by atoms with van der Waals surface area (Å²) in [5.41, 5.74) is 6.37. The maximum atomic E-state index is 12.1. The second-order valence-electron chi connectivity index (χ2n) is 2.42. The molecule has 78 valence electrons. The molecule has 1 aromatic rings. The Bertz CT molecular complexity index is 436. The number of alkyl halides is 3. The normalized spacial score (nSPS) is 10.6. The number of hydrogen-bond acceptors (Lipinski definition) is 2. The van der Waals surface area contributed by atoms with E-state index in [1.165, 1.54) is 0 Å². The van der Waals surface area contributed by atoms with E-state index in [9.17, 15) is 18.0 Å². The Hall–Kier alpha value is -2.08. The van der Waals surface area contributed by atoms with Crippen molar-refractivity contribution in [2.45, 2.75) is 6.18 Å². The fraction of sp³-hybridized carbons (Fsp3) is 0.143. The van der Waals surface area contributed by atoms with Crippen LogP contribution in [0.15, 0.2) is 23.4 Å². The van der Waals surface area contributed by atoms with Crippen molar-refractivity contribution in [3.05, 3.63) is 40.0 Å². The predicted molar refractivity (Wildman–Crippen MR) is 42.7 cm³/mol. The first-order valence-corrected chi connectivity index (χ1v) is 3.58. The summed E-state index contributed by atoms with van der Waals surface area (Å²) < 4.78 is 36.4. The summed E-state index contributed by atoms with van der Waals surface area (Å²) in [5.74, 6) is -1.08. The Labute approximate surface area is 81.2 Å². The van der Waals surface area contributed by atoms with Crippen LogP contribution >= 0.6 is 0 Å². The Morgan fingerprint density at radius 1 is 1.53 bits per heavy atom. The molecule has 0 N–H and O–H groups in total. The molecule has 1 rings (SSSR count). The van der Waals surface area contributed by atoms with Crippen molar-refractivity contribution in [1.82, 2.24) is 4.98 Å². The number of aromatic nitrogens is 1. The molecule has 0 saturated heterocycles. The van der Waals surface area contributed by atoms with Crippen LogP contribution in [0.25, 0.3) is 10.4 Å². The molecule has 0 saturated carbocycles. The Morgan fingerprint density at radius 2 is 2.20 bits per heavy atom. The van der Waals surface area contributed by atoms with Crippen molar-refractivity contribution in [1.29, 1.82) is 0 Å². The van der Waals surface area contributed by atoms with Crippen molar-refractivity contribution < 1.29 is 18.0 Å². The Balaban J connectivity index is 3.13. The van der Waals surface area contributed by atoms with Crippen LogP contribution in [0.2, 0.25) is 0 Å². The molecular formula is C7H3F3N4O. The van der Waals surface area contributed by atoms with Crippen LogP contribution < -0.4 is 0 Å². The maximum Gasteiger partial charge on any atom is 0.433 e.